The van der Waals surface area contributed by atoms with Crippen molar-refractivity contribution < 1.29 is 4.74 Å². The van der Waals surface area contributed by atoms with Gasteiger partial charge in [0.15, 0.2) is 0 Å². The molecule has 106 valence electrons. The lowest BCUT2D eigenvalue weighted by molar-refractivity contribution is 0.0948. The molecule has 0 aliphatic carbocycles. The van der Waals surface area contributed by atoms with Crippen LogP contribution < -0.4 is 5.32 Å². The lowest BCUT2D eigenvalue weighted by Gasteiger charge is -2.23. The number of hydrogen-bond acceptors (Lipinski definition) is 3. The first-order valence-corrected chi connectivity index (χ1v) is 7.47. The van der Waals surface area contributed by atoms with Gasteiger partial charge in [-0.05, 0) is 12.8 Å². The minimum atomic E-state index is 0.0932. The quantitative estimate of drug-likeness (QED) is 0.887. The van der Waals surface area contributed by atoms with Gasteiger partial charge in [-0.25, -0.2) is 4.98 Å². The van der Waals surface area contributed by atoms with Crippen LogP contribution in [0.4, 0.5) is 0 Å². The van der Waals surface area contributed by atoms with E-state index in [0.717, 1.165) is 32.7 Å². The number of rotatable bonds is 2. The maximum atomic E-state index is 5.82. The highest BCUT2D eigenvalue weighted by Gasteiger charge is 2.29. The lowest BCUT2D eigenvalue weighted by Crippen LogP contribution is -2.28. The third-order valence-corrected chi connectivity index (χ3v) is 4.07. The second kappa shape index (κ2) is 4.91. The summed E-state index contributed by atoms with van der Waals surface area (Å²) in [5.74, 6) is 1.22. The van der Waals surface area contributed by atoms with E-state index in [9.17, 15) is 0 Å². The smallest absolute Gasteiger partial charge is 0.114 e. The molecule has 2 aliphatic rings. The molecule has 1 saturated heterocycles. The summed E-state index contributed by atoms with van der Waals surface area (Å²) >= 11 is 0. The van der Waals surface area contributed by atoms with Crippen molar-refractivity contribution in [2.75, 3.05) is 13.2 Å². The highest BCUT2D eigenvalue weighted by Crippen LogP contribution is 2.28. The highest BCUT2D eigenvalue weighted by atomic mass is 16.5. The molecular formula is C15H25N3O. The molecule has 0 bridgehead atoms. The second-order valence-corrected chi connectivity index (χ2v) is 6.75. The first-order valence-electron chi connectivity index (χ1n) is 7.47. The Morgan fingerprint density at radius 2 is 2.26 bits per heavy atom. The Kier molecular flexibility index (Phi) is 3.39. The van der Waals surface area contributed by atoms with Crippen LogP contribution in [-0.4, -0.2) is 28.8 Å². The van der Waals surface area contributed by atoms with Gasteiger partial charge in [0.25, 0.3) is 0 Å². The number of nitrogens with zero attached hydrogens (tertiary/aromatic N) is 2. The molecular weight excluding hydrogens is 238 g/mol. The molecule has 1 aromatic rings. The predicted molar refractivity (Wildman–Crippen MR) is 75.3 cm³/mol. The third kappa shape index (κ3) is 2.56. The van der Waals surface area contributed by atoms with E-state index < -0.39 is 0 Å². The summed E-state index contributed by atoms with van der Waals surface area (Å²) in [5, 5.41) is 3.42. The molecule has 1 unspecified atom stereocenters. The molecule has 4 heteroatoms. The molecule has 1 atom stereocenters. The van der Waals surface area contributed by atoms with Gasteiger partial charge in [0.1, 0.15) is 5.82 Å². The van der Waals surface area contributed by atoms with Crippen LogP contribution in [0, 0.1) is 0 Å². The number of fused-ring (bicyclic) bond motifs is 1. The van der Waals surface area contributed by atoms with Crippen LogP contribution in [0.3, 0.4) is 0 Å². The Labute approximate surface area is 115 Å². The van der Waals surface area contributed by atoms with Crippen LogP contribution in [0.1, 0.15) is 50.8 Å². The molecule has 0 radical (unpaired) electrons. The summed E-state index contributed by atoms with van der Waals surface area (Å²) in [7, 11) is 0. The van der Waals surface area contributed by atoms with Crippen LogP contribution in [0.2, 0.25) is 0 Å². The summed E-state index contributed by atoms with van der Waals surface area (Å²) in [5.41, 5.74) is 2.77. The standard InChI is InChI=1S/C15H25N3O/c1-15(2,3)14-17-12-9-16-7-6-13(12)18(14)10-11-5-4-8-19-11/h11,16H,4-10H2,1-3H3. The topological polar surface area (TPSA) is 39.1 Å². The van der Waals surface area contributed by atoms with Gasteiger partial charge >= 0.3 is 0 Å². The van der Waals surface area contributed by atoms with Crippen molar-refractivity contribution in [3.63, 3.8) is 0 Å². The fraction of sp³-hybridized carbons (Fsp3) is 0.800. The van der Waals surface area contributed by atoms with Crippen molar-refractivity contribution in [3.05, 3.63) is 17.2 Å². The molecule has 19 heavy (non-hydrogen) atoms. The maximum Gasteiger partial charge on any atom is 0.114 e. The number of imidazole rings is 1. The Balaban J connectivity index is 1.96. The Hall–Kier alpha value is -0.870. The zero-order valence-corrected chi connectivity index (χ0v) is 12.3. The second-order valence-electron chi connectivity index (χ2n) is 6.75. The van der Waals surface area contributed by atoms with Gasteiger partial charge < -0.3 is 14.6 Å². The number of hydrogen-bond donors (Lipinski definition) is 1. The molecule has 4 nitrogen and oxygen atoms in total. The van der Waals surface area contributed by atoms with Gasteiger partial charge in [-0.1, -0.05) is 20.8 Å². The number of ether oxygens (including phenoxy) is 1. The molecule has 0 spiro atoms. The number of aromatic nitrogens is 2. The van der Waals surface area contributed by atoms with Crippen LogP contribution >= 0.6 is 0 Å². The van der Waals surface area contributed by atoms with Crippen molar-refractivity contribution in [3.8, 4) is 0 Å². The lowest BCUT2D eigenvalue weighted by atomic mass is 9.95. The van der Waals surface area contributed by atoms with Crippen LogP contribution in [0.5, 0.6) is 0 Å². The monoisotopic (exact) mass is 263 g/mol. The van der Waals surface area contributed by atoms with E-state index in [1.54, 1.807) is 0 Å². The minimum absolute atomic E-state index is 0.0932. The summed E-state index contributed by atoms with van der Waals surface area (Å²) in [6, 6.07) is 0. The van der Waals surface area contributed by atoms with E-state index in [1.807, 2.05) is 0 Å². The van der Waals surface area contributed by atoms with Crippen molar-refractivity contribution in [1.29, 1.82) is 0 Å². The SMILES string of the molecule is CC(C)(C)c1nc2c(n1CC1CCCO1)CCNC2. The average molecular weight is 263 g/mol. The van der Waals surface area contributed by atoms with E-state index in [1.165, 1.54) is 30.1 Å². The normalized spacial score (nSPS) is 23.6. The molecule has 2 aliphatic heterocycles. The highest BCUT2D eigenvalue weighted by molar-refractivity contribution is 5.23. The molecule has 1 fully saturated rings. The molecule has 0 aromatic carbocycles. The first-order chi connectivity index (χ1) is 9.05. The van der Waals surface area contributed by atoms with E-state index >= 15 is 0 Å². The van der Waals surface area contributed by atoms with Crippen LogP contribution in [0.25, 0.3) is 0 Å². The molecule has 3 rings (SSSR count). The Morgan fingerprint density at radius 1 is 1.42 bits per heavy atom. The summed E-state index contributed by atoms with van der Waals surface area (Å²) in [6.45, 7) is 10.6. The summed E-state index contributed by atoms with van der Waals surface area (Å²) < 4.78 is 8.27. The van der Waals surface area contributed by atoms with Gasteiger partial charge in [0.2, 0.25) is 0 Å². The van der Waals surface area contributed by atoms with E-state index in [0.29, 0.717) is 6.10 Å². The van der Waals surface area contributed by atoms with Gasteiger partial charge in [0, 0.05) is 37.2 Å². The summed E-state index contributed by atoms with van der Waals surface area (Å²) in [6.07, 6.45) is 3.86. The van der Waals surface area contributed by atoms with Crippen molar-refractivity contribution >= 4 is 0 Å². The molecule has 3 heterocycles. The van der Waals surface area contributed by atoms with E-state index in [4.69, 9.17) is 9.72 Å². The molecule has 1 N–H and O–H groups in total. The summed E-state index contributed by atoms with van der Waals surface area (Å²) in [4.78, 5) is 4.91. The van der Waals surface area contributed by atoms with E-state index in [-0.39, 0.29) is 5.41 Å². The fourth-order valence-electron chi connectivity index (χ4n) is 3.13. The average Bonchev–Trinajstić information content (AvgIpc) is 2.97. The Morgan fingerprint density at radius 3 is 2.95 bits per heavy atom. The fourth-order valence-corrected chi connectivity index (χ4v) is 3.13. The first kappa shape index (κ1) is 13.1. The number of nitrogens with one attached hydrogen (secondary N) is 1. The van der Waals surface area contributed by atoms with Crippen LogP contribution in [-0.2, 0) is 29.7 Å². The van der Waals surface area contributed by atoms with Crippen molar-refractivity contribution in [2.24, 2.45) is 0 Å². The zero-order valence-electron chi connectivity index (χ0n) is 12.3. The van der Waals surface area contributed by atoms with Crippen molar-refractivity contribution in [1.82, 2.24) is 14.9 Å². The molecule has 1 aromatic heterocycles. The molecule has 0 amide bonds. The maximum absolute atomic E-state index is 5.82. The third-order valence-electron chi connectivity index (χ3n) is 4.07. The Bertz CT molecular complexity index is 453. The largest absolute Gasteiger partial charge is 0.376 e. The van der Waals surface area contributed by atoms with Gasteiger partial charge in [-0.15, -0.1) is 0 Å². The van der Waals surface area contributed by atoms with Gasteiger partial charge in [-0.2, -0.15) is 0 Å². The van der Waals surface area contributed by atoms with Crippen LogP contribution in [0.15, 0.2) is 0 Å². The van der Waals surface area contributed by atoms with Crippen molar-refractivity contribution in [2.45, 2.75) is 64.6 Å². The van der Waals surface area contributed by atoms with Gasteiger partial charge in [-0.3, -0.25) is 0 Å². The zero-order chi connectivity index (χ0) is 13.5. The van der Waals surface area contributed by atoms with E-state index in [2.05, 4.69) is 30.7 Å². The predicted octanol–water partition coefficient (Wildman–Crippen LogP) is 2.01. The van der Waals surface area contributed by atoms with Gasteiger partial charge in [0.05, 0.1) is 18.3 Å². The molecule has 0 saturated carbocycles. The minimum Gasteiger partial charge on any atom is -0.376 e.